The van der Waals surface area contributed by atoms with E-state index in [0.717, 1.165) is 30.0 Å². The Morgan fingerprint density at radius 1 is 1.08 bits per heavy atom. The third-order valence-corrected chi connectivity index (χ3v) is 5.38. The Bertz CT molecular complexity index is 741. The van der Waals surface area contributed by atoms with E-state index in [1.807, 2.05) is 31.3 Å². The van der Waals surface area contributed by atoms with Crippen molar-refractivity contribution < 1.29 is 9.53 Å². The first kappa shape index (κ1) is 17.0. The first-order valence-corrected chi connectivity index (χ1v) is 9.54. The average Bonchev–Trinajstić information content (AvgIpc) is 3.13. The lowest BCUT2D eigenvalue weighted by molar-refractivity contribution is -0.137. The Morgan fingerprint density at radius 2 is 1.81 bits per heavy atom. The zero-order valence-electron chi connectivity index (χ0n) is 15.4. The first-order valence-electron chi connectivity index (χ1n) is 9.54. The molecule has 0 spiro atoms. The smallest absolute Gasteiger partial charge is 0.264 e. The van der Waals surface area contributed by atoms with Crippen LogP contribution in [0.3, 0.4) is 0 Å². The van der Waals surface area contributed by atoms with Gasteiger partial charge in [0.2, 0.25) is 0 Å². The number of piperidine rings is 1. The number of ether oxygens (including phenoxy) is 1. The maximum Gasteiger partial charge on any atom is 0.264 e. The molecule has 2 heterocycles. The molecular weight excluding hydrogens is 324 g/mol. The second-order valence-corrected chi connectivity index (χ2v) is 7.33. The fourth-order valence-electron chi connectivity index (χ4n) is 3.88. The number of nitrogens with zero attached hydrogens (tertiary/aromatic N) is 2. The summed E-state index contributed by atoms with van der Waals surface area (Å²) in [4.78, 5) is 16.9. The Labute approximate surface area is 155 Å². The van der Waals surface area contributed by atoms with E-state index in [2.05, 4.69) is 29.2 Å². The normalized spacial score (nSPS) is 19.0. The minimum Gasteiger partial charge on any atom is -0.480 e. The molecule has 2 aromatic rings. The van der Waals surface area contributed by atoms with Gasteiger partial charge in [-0.2, -0.15) is 0 Å². The van der Waals surface area contributed by atoms with Crippen LogP contribution in [0.2, 0.25) is 0 Å². The summed E-state index contributed by atoms with van der Waals surface area (Å²) in [5.41, 5.74) is 3.55. The SMILES string of the molecule is CN(Cc1ccc(N2CCCCC2)cc1)C(=O)C1Cc2ccccc2O1. The van der Waals surface area contributed by atoms with Gasteiger partial charge in [-0.25, -0.2) is 0 Å². The number of rotatable bonds is 4. The van der Waals surface area contributed by atoms with Gasteiger partial charge in [-0.1, -0.05) is 30.3 Å². The van der Waals surface area contributed by atoms with E-state index in [-0.39, 0.29) is 5.91 Å². The van der Waals surface area contributed by atoms with Gasteiger partial charge >= 0.3 is 0 Å². The molecule has 26 heavy (non-hydrogen) atoms. The molecule has 4 heteroatoms. The van der Waals surface area contributed by atoms with E-state index in [1.54, 1.807) is 4.90 Å². The van der Waals surface area contributed by atoms with E-state index < -0.39 is 6.10 Å². The monoisotopic (exact) mass is 350 g/mol. The van der Waals surface area contributed by atoms with E-state index >= 15 is 0 Å². The van der Waals surface area contributed by atoms with Crippen molar-refractivity contribution in [2.45, 2.75) is 38.3 Å². The van der Waals surface area contributed by atoms with Gasteiger partial charge in [-0.05, 0) is 48.6 Å². The summed E-state index contributed by atoms with van der Waals surface area (Å²) >= 11 is 0. The Morgan fingerprint density at radius 3 is 2.54 bits per heavy atom. The van der Waals surface area contributed by atoms with Crippen LogP contribution in [0.4, 0.5) is 5.69 Å². The number of hydrogen-bond acceptors (Lipinski definition) is 3. The number of hydrogen-bond donors (Lipinski definition) is 0. The molecule has 1 atom stereocenters. The molecule has 1 amide bonds. The van der Waals surface area contributed by atoms with Crippen LogP contribution < -0.4 is 9.64 Å². The topological polar surface area (TPSA) is 32.8 Å². The van der Waals surface area contributed by atoms with E-state index in [1.165, 1.54) is 24.9 Å². The van der Waals surface area contributed by atoms with Crippen LogP contribution in [0, 0.1) is 0 Å². The average molecular weight is 350 g/mol. The lowest BCUT2D eigenvalue weighted by atomic mass is 10.1. The lowest BCUT2D eigenvalue weighted by Crippen LogP contribution is -2.38. The highest BCUT2D eigenvalue weighted by molar-refractivity contribution is 5.82. The van der Waals surface area contributed by atoms with Crippen LogP contribution in [-0.4, -0.2) is 37.0 Å². The molecule has 2 aromatic carbocycles. The predicted molar refractivity (Wildman–Crippen MR) is 104 cm³/mol. The third kappa shape index (κ3) is 3.55. The molecule has 1 saturated heterocycles. The Hall–Kier alpha value is -2.49. The van der Waals surface area contributed by atoms with Crippen LogP contribution in [0.25, 0.3) is 0 Å². The molecule has 0 saturated carbocycles. The lowest BCUT2D eigenvalue weighted by Gasteiger charge is -2.29. The van der Waals surface area contributed by atoms with E-state index in [9.17, 15) is 4.79 Å². The molecule has 1 fully saturated rings. The second-order valence-electron chi connectivity index (χ2n) is 7.33. The summed E-state index contributed by atoms with van der Waals surface area (Å²) in [7, 11) is 1.85. The van der Waals surface area contributed by atoms with Gasteiger partial charge in [0.15, 0.2) is 6.10 Å². The molecular formula is C22H26N2O2. The number of fused-ring (bicyclic) bond motifs is 1. The standard InChI is InChI=1S/C22H26N2O2/c1-23(22(25)21-15-18-7-3-4-8-20(18)26-21)16-17-9-11-19(12-10-17)24-13-5-2-6-14-24/h3-4,7-12,21H,2,5-6,13-16H2,1H3. The minimum absolute atomic E-state index is 0.0429. The van der Waals surface area contributed by atoms with E-state index in [4.69, 9.17) is 4.74 Å². The van der Waals surface area contributed by atoms with Gasteiger partial charge in [-0.15, -0.1) is 0 Å². The van der Waals surface area contributed by atoms with Gasteiger partial charge in [0.05, 0.1) is 0 Å². The fraction of sp³-hybridized carbons (Fsp3) is 0.409. The molecule has 2 aliphatic rings. The Kier molecular flexibility index (Phi) is 4.83. The highest BCUT2D eigenvalue weighted by Crippen LogP contribution is 2.29. The maximum absolute atomic E-state index is 12.7. The molecule has 4 nitrogen and oxygen atoms in total. The van der Waals surface area contributed by atoms with Crippen molar-refractivity contribution in [1.82, 2.24) is 4.90 Å². The number of para-hydroxylation sites is 1. The van der Waals surface area contributed by atoms with Gasteiger partial charge in [0.25, 0.3) is 5.91 Å². The number of carbonyl (C=O) groups excluding carboxylic acids is 1. The molecule has 0 bridgehead atoms. The molecule has 0 radical (unpaired) electrons. The van der Waals surface area contributed by atoms with E-state index in [0.29, 0.717) is 13.0 Å². The fourth-order valence-corrected chi connectivity index (χ4v) is 3.88. The van der Waals surface area contributed by atoms with Crippen molar-refractivity contribution in [3.63, 3.8) is 0 Å². The van der Waals surface area contributed by atoms with Gasteiger partial charge in [-0.3, -0.25) is 4.79 Å². The van der Waals surface area contributed by atoms with Crippen LogP contribution in [-0.2, 0) is 17.8 Å². The van der Waals surface area contributed by atoms with Crippen LogP contribution >= 0.6 is 0 Å². The summed E-state index contributed by atoms with van der Waals surface area (Å²) in [6.45, 7) is 2.91. The quantitative estimate of drug-likeness (QED) is 0.844. The van der Waals surface area contributed by atoms with Crippen molar-refractivity contribution in [2.75, 3.05) is 25.0 Å². The molecule has 0 aromatic heterocycles. The van der Waals surface area contributed by atoms with Crippen LogP contribution in [0.5, 0.6) is 5.75 Å². The van der Waals surface area contributed by atoms with Crippen molar-refractivity contribution in [1.29, 1.82) is 0 Å². The third-order valence-electron chi connectivity index (χ3n) is 5.38. The first-order chi connectivity index (χ1) is 12.7. The zero-order valence-corrected chi connectivity index (χ0v) is 15.4. The number of likely N-dealkylation sites (N-methyl/N-ethyl adjacent to an activating group) is 1. The Balaban J connectivity index is 1.35. The van der Waals surface area contributed by atoms with Crippen molar-refractivity contribution in [2.24, 2.45) is 0 Å². The summed E-state index contributed by atoms with van der Waals surface area (Å²) in [6, 6.07) is 16.5. The molecule has 0 aliphatic carbocycles. The van der Waals surface area contributed by atoms with Crippen LogP contribution in [0.1, 0.15) is 30.4 Å². The van der Waals surface area contributed by atoms with Crippen molar-refractivity contribution in [3.05, 3.63) is 59.7 Å². The molecule has 2 aliphatic heterocycles. The largest absolute Gasteiger partial charge is 0.480 e. The minimum atomic E-state index is -0.398. The number of carbonyl (C=O) groups is 1. The number of anilines is 1. The van der Waals surface area contributed by atoms with Crippen molar-refractivity contribution >= 4 is 11.6 Å². The number of benzene rings is 2. The van der Waals surface area contributed by atoms with Crippen LogP contribution in [0.15, 0.2) is 48.5 Å². The van der Waals surface area contributed by atoms with Gasteiger partial charge < -0.3 is 14.5 Å². The van der Waals surface area contributed by atoms with Crippen molar-refractivity contribution in [3.8, 4) is 5.75 Å². The molecule has 4 rings (SSSR count). The van der Waals surface area contributed by atoms with Gasteiger partial charge in [0, 0.05) is 38.8 Å². The summed E-state index contributed by atoms with van der Waals surface area (Å²) in [5.74, 6) is 0.881. The maximum atomic E-state index is 12.7. The van der Waals surface area contributed by atoms with Gasteiger partial charge in [0.1, 0.15) is 5.75 Å². The molecule has 0 N–H and O–H groups in total. The molecule has 1 unspecified atom stereocenters. The number of amides is 1. The summed E-state index contributed by atoms with van der Waals surface area (Å²) < 4.78 is 5.83. The highest BCUT2D eigenvalue weighted by atomic mass is 16.5. The molecule has 136 valence electrons. The highest BCUT2D eigenvalue weighted by Gasteiger charge is 2.30. The zero-order chi connectivity index (χ0) is 17.9. The summed E-state index contributed by atoms with van der Waals surface area (Å²) in [5, 5.41) is 0. The second kappa shape index (κ2) is 7.40. The predicted octanol–water partition coefficient (Wildman–Crippen LogP) is 3.64. The summed E-state index contributed by atoms with van der Waals surface area (Å²) in [6.07, 6.45) is 4.16.